The van der Waals surface area contributed by atoms with Gasteiger partial charge in [-0.3, -0.25) is 14.9 Å². The number of allylic oxidation sites excluding steroid dienone is 1. The SMILES string of the molecule is O=CC(=CNc1ccc([N+](=O)[O-])cc1)c1nc2ccccc2o1. The summed E-state index contributed by atoms with van der Waals surface area (Å²) < 4.78 is 5.52. The number of nitro groups is 1. The maximum atomic E-state index is 11.2. The lowest BCUT2D eigenvalue weighted by Gasteiger charge is -2.01. The molecule has 0 saturated carbocycles. The Morgan fingerprint density at radius 3 is 2.57 bits per heavy atom. The lowest BCUT2D eigenvalue weighted by atomic mass is 10.2. The van der Waals surface area contributed by atoms with Crippen molar-refractivity contribution in [3.05, 3.63) is 70.7 Å². The van der Waals surface area contributed by atoms with Gasteiger partial charge in [0, 0.05) is 24.0 Å². The molecule has 1 aromatic heterocycles. The molecule has 0 unspecified atom stereocenters. The molecule has 0 amide bonds. The summed E-state index contributed by atoms with van der Waals surface area (Å²) in [6.07, 6.45) is 2.07. The molecular weight excluding hydrogens is 298 g/mol. The predicted octanol–water partition coefficient (Wildman–Crippen LogP) is 3.39. The van der Waals surface area contributed by atoms with Crippen LogP contribution in [0.2, 0.25) is 0 Å². The van der Waals surface area contributed by atoms with Crippen molar-refractivity contribution in [2.45, 2.75) is 0 Å². The molecule has 1 N–H and O–H groups in total. The molecule has 0 saturated heterocycles. The first-order valence-electron chi connectivity index (χ1n) is 6.69. The van der Waals surface area contributed by atoms with Gasteiger partial charge in [-0.25, -0.2) is 4.98 Å². The maximum absolute atomic E-state index is 11.2. The van der Waals surface area contributed by atoms with Crippen molar-refractivity contribution in [1.82, 2.24) is 4.98 Å². The molecule has 3 aromatic rings. The van der Waals surface area contributed by atoms with Crippen LogP contribution in [0.1, 0.15) is 5.89 Å². The third kappa shape index (κ3) is 3.08. The largest absolute Gasteiger partial charge is 0.436 e. The van der Waals surface area contributed by atoms with E-state index in [-0.39, 0.29) is 17.2 Å². The van der Waals surface area contributed by atoms with Crippen LogP contribution in [0, 0.1) is 10.1 Å². The third-order valence-electron chi connectivity index (χ3n) is 3.14. The standard InChI is InChI=1S/C16H11N3O4/c20-10-11(16-18-14-3-1-2-4-15(14)23-16)9-17-12-5-7-13(8-6-12)19(21)22/h1-10,17H. The van der Waals surface area contributed by atoms with Gasteiger partial charge >= 0.3 is 0 Å². The molecule has 23 heavy (non-hydrogen) atoms. The number of anilines is 1. The van der Waals surface area contributed by atoms with Crippen LogP contribution in [0.5, 0.6) is 0 Å². The first-order chi connectivity index (χ1) is 11.2. The number of aldehydes is 1. The summed E-state index contributed by atoms with van der Waals surface area (Å²) in [5.74, 6) is 0.204. The van der Waals surface area contributed by atoms with E-state index in [1.54, 1.807) is 24.3 Å². The number of fused-ring (bicyclic) bond motifs is 1. The zero-order valence-corrected chi connectivity index (χ0v) is 11.8. The Morgan fingerprint density at radius 2 is 1.91 bits per heavy atom. The molecule has 0 aliphatic rings. The molecule has 0 radical (unpaired) electrons. The maximum Gasteiger partial charge on any atom is 0.269 e. The number of hydrogen-bond donors (Lipinski definition) is 1. The highest BCUT2D eigenvalue weighted by atomic mass is 16.6. The zero-order chi connectivity index (χ0) is 16.2. The number of carbonyl (C=O) groups is 1. The van der Waals surface area contributed by atoms with Crippen molar-refractivity contribution < 1.29 is 14.1 Å². The Morgan fingerprint density at radius 1 is 1.17 bits per heavy atom. The quantitative estimate of drug-likeness (QED) is 0.336. The van der Waals surface area contributed by atoms with Crippen molar-refractivity contribution in [3.8, 4) is 0 Å². The molecule has 0 spiro atoms. The minimum atomic E-state index is -0.477. The second-order valence-corrected chi connectivity index (χ2v) is 4.65. The van der Waals surface area contributed by atoms with Crippen LogP contribution in [-0.2, 0) is 4.79 Å². The van der Waals surface area contributed by atoms with Gasteiger partial charge in [0.2, 0.25) is 5.89 Å². The van der Waals surface area contributed by atoms with Crippen LogP contribution in [0.3, 0.4) is 0 Å². The van der Waals surface area contributed by atoms with E-state index >= 15 is 0 Å². The second-order valence-electron chi connectivity index (χ2n) is 4.65. The summed E-state index contributed by atoms with van der Waals surface area (Å²) in [4.78, 5) is 25.6. The monoisotopic (exact) mass is 309 g/mol. The Kier molecular flexibility index (Phi) is 3.84. The van der Waals surface area contributed by atoms with E-state index in [0.717, 1.165) is 0 Å². The third-order valence-corrected chi connectivity index (χ3v) is 3.14. The number of hydrogen-bond acceptors (Lipinski definition) is 6. The van der Waals surface area contributed by atoms with E-state index < -0.39 is 4.92 Å². The minimum absolute atomic E-state index is 0.00547. The average Bonchev–Trinajstić information content (AvgIpc) is 2.99. The Hall–Kier alpha value is -3.48. The lowest BCUT2D eigenvalue weighted by Crippen LogP contribution is -1.94. The van der Waals surface area contributed by atoms with Gasteiger partial charge in [0.15, 0.2) is 11.9 Å². The zero-order valence-electron chi connectivity index (χ0n) is 11.8. The Balaban J connectivity index is 1.83. The molecule has 2 aromatic carbocycles. The van der Waals surface area contributed by atoms with Crippen LogP contribution >= 0.6 is 0 Å². The first-order valence-corrected chi connectivity index (χ1v) is 6.69. The summed E-state index contributed by atoms with van der Waals surface area (Å²) in [5.41, 5.74) is 2.08. The first kappa shape index (κ1) is 14.5. The van der Waals surface area contributed by atoms with Gasteiger partial charge in [0.25, 0.3) is 5.69 Å². The van der Waals surface area contributed by atoms with Crippen molar-refractivity contribution in [3.63, 3.8) is 0 Å². The van der Waals surface area contributed by atoms with Gasteiger partial charge in [-0.1, -0.05) is 12.1 Å². The van der Waals surface area contributed by atoms with Gasteiger partial charge in [-0.15, -0.1) is 0 Å². The fraction of sp³-hybridized carbons (Fsp3) is 0. The normalized spacial score (nSPS) is 11.4. The molecule has 1 heterocycles. The number of rotatable bonds is 5. The summed E-state index contributed by atoms with van der Waals surface area (Å²) in [6, 6.07) is 13.0. The van der Waals surface area contributed by atoms with Crippen LogP contribution in [0.4, 0.5) is 11.4 Å². The highest BCUT2D eigenvalue weighted by molar-refractivity contribution is 6.06. The number of carbonyl (C=O) groups excluding carboxylic acids is 1. The Labute approximate surface area is 130 Å². The molecule has 0 aliphatic carbocycles. The average molecular weight is 309 g/mol. The fourth-order valence-electron chi connectivity index (χ4n) is 1.98. The smallest absolute Gasteiger partial charge is 0.269 e. The molecule has 7 nitrogen and oxygen atoms in total. The summed E-state index contributed by atoms with van der Waals surface area (Å²) in [6.45, 7) is 0. The van der Waals surface area contributed by atoms with Crippen LogP contribution in [0.25, 0.3) is 16.7 Å². The van der Waals surface area contributed by atoms with E-state index in [1.807, 2.05) is 12.1 Å². The fourth-order valence-corrected chi connectivity index (χ4v) is 1.98. The molecule has 3 rings (SSSR count). The van der Waals surface area contributed by atoms with Gasteiger partial charge in [-0.2, -0.15) is 0 Å². The van der Waals surface area contributed by atoms with Crippen molar-refractivity contribution >= 4 is 34.3 Å². The summed E-state index contributed by atoms with van der Waals surface area (Å²) >= 11 is 0. The second kappa shape index (κ2) is 6.10. The minimum Gasteiger partial charge on any atom is -0.436 e. The topological polar surface area (TPSA) is 98.3 Å². The number of nitrogens with one attached hydrogen (secondary N) is 1. The number of nitro benzene ring substituents is 1. The highest BCUT2D eigenvalue weighted by Gasteiger charge is 2.10. The van der Waals surface area contributed by atoms with Crippen molar-refractivity contribution in [2.24, 2.45) is 0 Å². The number of oxazole rings is 1. The number of para-hydroxylation sites is 2. The molecule has 0 fully saturated rings. The van der Waals surface area contributed by atoms with Crippen molar-refractivity contribution in [2.75, 3.05) is 5.32 Å². The molecule has 0 aliphatic heterocycles. The number of nitrogens with zero attached hydrogens (tertiary/aromatic N) is 2. The van der Waals surface area contributed by atoms with E-state index in [2.05, 4.69) is 10.3 Å². The van der Waals surface area contributed by atoms with E-state index in [0.29, 0.717) is 23.1 Å². The predicted molar refractivity (Wildman–Crippen MR) is 84.8 cm³/mol. The van der Waals surface area contributed by atoms with Gasteiger partial charge in [0.05, 0.1) is 10.5 Å². The van der Waals surface area contributed by atoms with Gasteiger partial charge < -0.3 is 9.73 Å². The summed E-state index contributed by atoms with van der Waals surface area (Å²) in [5, 5.41) is 13.5. The molecular formula is C16H11N3O4. The summed E-state index contributed by atoms with van der Waals surface area (Å²) in [7, 11) is 0. The number of benzene rings is 2. The van der Waals surface area contributed by atoms with E-state index in [1.165, 1.54) is 18.3 Å². The Bertz CT molecular complexity index is 864. The lowest BCUT2D eigenvalue weighted by molar-refractivity contribution is -0.384. The number of non-ortho nitro benzene ring substituents is 1. The van der Waals surface area contributed by atoms with Gasteiger partial charge in [0.1, 0.15) is 5.52 Å². The van der Waals surface area contributed by atoms with E-state index in [4.69, 9.17) is 4.42 Å². The molecule has 0 atom stereocenters. The molecule has 114 valence electrons. The molecule has 0 bridgehead atoms. The van der Waals surface area contributed by atoms with Crippen molar-refractivity contribution in [1.29, 1.82) is 0 Å². The van der Waals surface area contributed by atoms with Gasteiger partial charge in [-0.05, 0) is 24.3 Å². The van der Waals surface area contributed by atoms with Crippen LogP contribution in [0.15, 0.2) is 59.1 Å². The van der Waals surface area contributed by atoms with Crippen LogP contribution < -0.4 is 5.32 Å². The van der Waals surface area contributed by atoms with Crippen LogP contribution in [-0.4, -0.2) is 16.2 Å². The highest BCUT2D eigenvalue weighted by Crippen LogP contribution is 2.20. The number of aromatic nitrogens is 1. The molecule has 7 heteroatoms. The van der Waals surface area contributed by atoms with E-state index in [9.17, 15) is 14.9 Å².